The van der Waals surface area contributed by atoms with Crippen LogP contribution in [0.4, 0.5) is 17.6 Å². The molecule has 3 fully saturated rings. The van der Waals surface area contributed by atoms with E-state index in [4.69, 9.17) is 26.9 Å². The van der Waals surface area contributed by atoms with Gasteiger partial charge in [-0.15, -0.1) is 0 Å². The molecule has 0 aromatic carbocycles. The fraction of sp³-hybridized carbons (Fsp3) is 0.773. The van der Waals surface area contributed by atoms with E-state index >= 15 is 0 Å². The number of hydrogen-bond donors (Lipinski definition) is 2. The van der Waals surface area contributed by atoms with Gasteiger partial charge in [-0.1, -0.05) is 19.8 Å². The Morgan fingerprint density at radius 2 is 1.77 bits per heavy atom. The lowest BCUT2D eigenvalue weighted by atomic mass is 10.0. The smallest absolute Gasteiger partial charge is 0.232 e. The van der Waals surface area contributed by atoms with Crippen LogP contribution in [0.25, 0.3) is 0 Å². The summed E-state index contributed by atoms with van der Waals surface area (Å²) < 4.78 is 5.68. The lowest BCUT2D eigenvalue weighted by molar-refractivity contribution is 0.114. The number of aromatic nitrogens is 2. The third kappa shape index (κ3) is 5.94. The molecule has 0 saturated carbocycles. The largest absolute Gasteiger partial charge is 0.376 e. The number of nitrogens with zero attached hydrogens (tertiary/aromatic N) is 4. The Morgan fingerprint density at radius 3 is 2.47 bits per heavy atom. The highest BCUT2D eigenvalue weighted by Crippen LogP contribution is 2.27. The van der Waals surface area contributed by atoms with Gasteiger partial charge in [-0.05, 0) is 56.7 Å². The highest BCUT2D eigenvalue weighted by atomic mass is 32.1. The molecule has 0 aliphatic carbocycles. The quantitative estimate of drug-likeness (QED) is 0.685. The van der Waals surface area contributed by atoms with Crippen molar-refractivity contribution < 1.29 is 4.74 Å². The zero-order valence-electron chi connectivity index (χ0n) is 18.2. The maximum Gasteiger partial charge on any atom is 0.232 e. The van der Waals surface area contributed by atoms with Crippen molar-refractivity contribution in [3.8, 4) is 0 Å². The van der Waals surface area contributed by atoms with Crippen molar-refractivity contribution >= 4 is 34.9 Å². The number of rotatable bonds is 5. The molecule has 4 rings (SSSR count). The number of anilines is 3. The second-order valence-corrected chi connectivity index (χ2v) is 9.38. The summed E-state index contributed by atoms with van der Waals surface area (Å²) in [5, 5.41) is 7.08. The summed E-state index contributed by atoms with van der Waals surface area (Å²) >= 11 is 5.53. The molecular formula is C22H36N6OS. The summed E-state index contributed by atoms with van der Waals surface area (Å²) in [6.07, 6.45) is 10.0. The average molecular weight is 433 g/mol. The van der Waals surface area contributed by atoms with Crippen LogP contribution in [0, 0.1) is 5.92 Å². The van der Waals surface area contributed by atoms with E-state index in [1.165, 1.54) is 38.5 Å². The third-order valence-electron chi connectivity index (χ3n) is 6.35. The molecule has 1 aromatic heterocycles. The second kappa shape index (κ2) is 10.6. The van der Waals surface area contributed by atoms with E-state index in [0.29, 0.717) is 17.0 Å². The first-order chi connectivity index (χ1) is 14.7. The van der Waals surface area contributed by atoms with Gasteiger partial charge in [-0.3, -0.25) is 0 Å². The first-order valence-electron chi connectivity index (χ1n) is 11.7. The van der Waals surface area contributed by atoms with E-state index < -0.39 is 0 Å². The molecule has 0 radical (unpaired) electrons. The second-order valence-electron chi connectivity index (χ2n) is 8.97. The Morgan fingerprint density at radius 1 is 1.03 bits per heavy atom. The van der Waals surface area contributed by atoms with Crippen molar-refractivity contribution in [2.75, 3.05) is 54.4 Å². The molecule has 166 valence electrons. The Hall–Kier alpha value is -1.67. The average Bonchev–Trinajstić information content (AvgIpc) is 3.12. The maximum atomic E-state index is 5.68. The van der Waals surface area contributed by atoms with Gasteiger partial charge >= 0.3 is 0 Å². The third-order valence-corrected chi connectivity index (χ3v) is 6.60. The Bertz CT molecular complexity index is 683. The molecule has 1 aromatic rings. The van der Waals surface area contributed by atoms with Gasteiger partial charge in [-0.2, -0.15) is 9.97 Å². The molecule has 0 amide bonds. The maximum absolute atomic E-state index is 5.68. The predicted molar refractivity (Wildman–Crippen MR) is 127 cm³/mol. The summed E-state index contributed by atoms with van der Waals surface area (Å²) in [6, 6.07) is 2.18. The minimum absolute atomic E-state index is 0.250. The van der Waals surface area contributed by atoms with Crippen LogP contribution < -0.4 is 20.4 Å². The van der Waals surface area contributed by atoms with Crippen molar-refractivity contribution in [1.82, 2.24) is 15.3 Å². The molecule has 4 heterocycles. The van der Waals surface area contributed by atoms with Crippen LogP contribution in [-0.4, -0.2) is 60.5 Å². The molecule has 2 atom stereocenters. The summed E-state index contributed by atoms with van der Waals surface area (Å²) in [6.45, 7) is 8.15. The highest BCUT2D eigenvalue weighted by Gasteiger charge is 2.21. The molecule has 2 unspecified atom stereocenters. The van der Waals surface area contributed by atoms with Gasteiger partial charge < -0.3 is 25.2 Å². The van der Waals surface area contributed by atoms with E-state index in [1.54, 1.807) is 0 Å². The standard InChI is InChI=1S/C22H36N6OS/c1-17-8-6-12-28(16-17)20-14-19(27-10-4-2-3-5-11-27)24-21(25-20)26-22(30)23-15-18-9-7-13-29-18/h14,17-18H,2-13,15-16H2,1H3,(H2,23,24,25,26,30). The number of nitrogens with one attached hydrogen (secondary N) is 2. The molecule has 2 N–H and O–H groups in total. The van der Waals surface area contributed by atoms with Crippen LogP contribution in [0.2, 0.25) is 0 Å². The van der Waals surface area contributed by atoms with Crippen molar-refractivity contribution in [3.05, 3.63) is 6.07 Å². The van der Waals surface area contributed by atoms with Gasteiger partial charge in [-0.25, -0.2) is 0 Å². The lowest BCUT2D eigenvalue weighted by Gasteiger charge is -2.33. The molecule has 8 heteroatoms. The molecular weight excluding hydrogens is 396 g/mol. The van der Waals surface area contributed by atoms with Crippen molar-refractivity contribution in [1.29, 1.82) is 0 Å². The van der Waals surface area contributed by atoms with E-state index in [0.717, 1.165) is 63.8 Å². The van der Waals surface area contributed by atoms with Gasteiger partial charge in [0.2, 0.25) is 5.95 Å². The Kier molecular flexibility index (Phi) is 7.60. The normalized spacial score (nSPS) is 25.1. The van der Waals surface area contributed by atoms with Gasteiger partial charge in [0, 0.05) is 45.4 Å². The molecule has 0 spiro atoms. The topological polar surface area (TPSA) is 65.5 Å². The minimum Gasteiger partial charge on any atom is -0.376 e. The van der Waals surface area contributed by atoms with Crippen LogP contribution in [-0.2, 0) is 4.74 Å². The summed E-state index contributed by atoms with van der Waals surface area (Å²) in [4.78, 5) is 14.5. The van der Waals surface area contributed by atoms with Gasteiger partial charge in [0.15, 0.2) is 5.11 Å². The van der Waals surface area contributed by atoms with E-state index in [2.05, 4.69) is 33.4 Å². The van der Waals surface area contributed by atoms with Crippen molar-refractivity contribution in [2.45, 2.75) is 64.4 Å². The van der Waals surface area contributed by atoms with Crippen molar-refractivity contribution in [2.24, 2.45) is 5.92 Å². The Labute approximate surface area is 186 Å². The van der Waals surface area contributed by atoms with Crippen LogP contribution in [0.15, 0.2) is 6.07 Å². The SMILES string of the molecule is CC1CCCN(c2cc(N3CCCCCC3)nc(NC(=S)NCC3CCCO3)n2)C1. The number of piperidine rings is 1. The van der Waals surface area contributed by atoms with Crippen LogP contribution in [0.3, 0.4) is 0 Å². The van der Waals surface area contributed by atoms with Crippen LogP contribution in [0.1, 0.15) is 58.3 Å². The number of ether oxygens (including phenoxy) is 1. The van der Waals surface area contributed by atoms with Gasteiger partial charge in [0.05, 0.1) is 6.10 Å². The molecule has 3 aliphatic rings. The predicted octanol–water partition coefficient (Wildman–Crippen LogP) is 3.56. The van der Waals surface area contributed by atoms with Gasteiger partial charge in [0.1, 0.15) is 11.6 Å². The molecule has 7 nitrogen and oxygen atoms in total. The zero-order valence-corrected chi connectivity index (χ0v) is 19.1. The highest BCUT2D eigenvalue weighted by molar-refractivity contribution is 7.80. The molecule has 3 saturated heterocycles. The van der Waals surface area contributed by atoms with E-state index in [-0.39, 0.29) is 6.10 Å². The monoisotopic (exact) mass is 432 g/mol. The zero-order chi connectivity index (χ0) is 20.8. The van der Waals surface area contributed by atoms with E-state index in [9.17, 15) is 0 Å². The lowest BCUT2D eigenvalue weighted by Crippen LogP contribution is -2.37. The van der Waals surface area contributed by atoms with Crippen molar-refractivity contribution in [3.63, 3.8) is 0 Å². The first kappa shape index (κ1) is 21.6. The van der Waals surface area contributed by atoms with Crippen LogP contribution in [0.5, 0.6) is 0 Å². The fourth-order valence-corrected chi connectivity index (χ4v) is 4.83. The summed E-state index contributed by atoms with van der Waals surface area (Å²) in [5.41, 5.74) is 0. The minimum atomic E-state index is 0.250. The summed E-state index contributed by atoms with van der Waals surface area (Å²) in [5.74, 6) is 3.32. The number of thiocarbonyl (C=S) groups is 1. The molecule has 30 heavy (non-hydrogen) atoms. The first-order valence-corrected chi connectivity index (χ1v) is 12.1. The van der Waals surface area contributed by atoms with Crippen LogP contribution >= 0.6 is 12.2 Å². The van der Waals surface area contributed by atoms with E-state index in [1.807, 2.05) is 0 Å². The molecule has 0 bridgehead atoms. The Balaban J connectivity index is 1.49. The molecule has 3 aliphatic heterocycles. The number of hydrogen-bond acceptors (Lipinski definition) is 6. The fourth-order valence-electron chi connectivity index (χ4n) is 4.66. The van der Waals surface area contributed by atoms with Gasteiger partial charge in [0.25, 0.3) is 0 Å². The summed E-state index contributed by atoms with van der Waals surface area (Å²) in [7, 11) is 0.